The Hall–Kier alpha value is -2.14. The van der Waals surface area contributed by atoms with Crippen LogP contribution in [0.1, 0.15) is 52.7 Å². The lowest BCUT2D eigenvalue weighted by Crippen LogP contribution is -2.67. The third-order valence-corrected chi connectivity index (χ3v) is 12.3. The second-order valence-electron chi connectivity index (χ2n) is 10.4. The van der Waals surface area contributed by atoms with Crippen LogP contribution in [0.4, 0.5) is 0 Å². The van der Waals surface area contributed by atoms with Crippen molar-refractivity contribution in [1.29, 1.82) is 0 Å². The van der Waals surface area contributed by atoms with Gasteiger partial charge in [-0.25, -0.2) is 0 Å². The summed E-state index contributed by atoms with van der Waals surface area (Å²) in [5.41, 5.74) is -0.905. The summed E-state index contributed by atoms with van der Waals surface area (Å²) < 4.78 is 12.8. The van der Waals surface area contributed by atoms with Gasteiger partial charge in [-0.3, -0.25) is 0 Å². The van der Waals surface area contributed by atoms with Crippen LogP contribution in [0, 0.1) is 11.8 Å². The SMILES string of the molecule is C[C@@H](CO[Si](c1ccccc1)(c1ccccc1)C(C)(C)C)[C@H]1CCC[C@]1(O)c1ccco1. The molecule has 1 aliphatic carbocycles. The highest BCUT2D eigenvalue weighted by Crippen LogP contribution is 2.48. The minimum absolute atomic E-state index is 0.0532. The predicted molar refractivity (Wildman–Crippen MR) is 133 cm³/mol. The van der Waals surface area contributed by atoms with E-state index in [-0.39, 0.29) is 16.9 Å². The van der Waals surface area contributed by atoms with Gasteiger partial charge < -0.3 is 13.9 Å². The van der Waals surface area contributed by atoms with Gasteiger partial charge in [0.2, 0.25) is 0 Å². The van der Waals surface area contributed by atoms with Crippen molar-refractivity contribution < 1.29 is 13.9 Å². The van der Waals surface area contributed by atoms with Gasteiger partial charge in [-0.2, -0.15) is 0 Å². The average Bonchev–Trinajstić information content (AvgIpc) is 3.45. The third kappa shape index (κ3) is 4.00. The summed E-state index contributed by atoms with van der Waals surface area (Å²) in [4.78, 5) is 0. The van der Waals surface area contributed by atoms with Crippen LogP contribution in [-0.2, 0) is 10.0 Å². The Kier molecular flexibility index (Phi) is 6.48. The van der Waals surface area contributed by atoms with Crippen molar-refractivity contribution in [2.24, 2.45) is 11.8 Å². The van der Waals surface area contributed by atoms with E-state index in [1.807, 2.05) is 12.1 Å². The van der Waals surface area contributed by atoms with Gasteiger partial charge in [0, 0.05) is 6.61 Å². The molecule has 1 heterocycles. The van der Waals surface area contributed by atoms with Gasteiger partial charge in [-0.1, -0.05) is 88.4 Å². The molecule has 2 aromatic carbocycles. The number of benzene rings is 2. The van der Waals surface area contributed by atoms with Gasteiger partial charge in [0.25, 0.3) is 8.32 Å². The standard InChI is InChI=1S/C28H36O3Si/c1-22(25-17-11-19-28(25,29)26-18-12-20-30-26)21-31-32(27(2,3)4,23-13-7-5-8-14-23)24-15-9-6-10-16-24/h5-10,12-16,18,20,22,25,29H,11,17,19,21H2,1-4H3/t22-,25+,28+/m0/s1. The number of rotatable bonds is 7. The molecule has 3 aromatic rings. The lowest BCUT2D eigenvalue weighted by Gasteiger charge is -2.44. The van der Waals surface area contributed by atoms with E-state index in [2.05, 4.69) is 88.4 Å². The van der Waals surface area contributed by atoms with E-state index in [4.69, 9.17) is 8.84 Å². The Labute approximate surface area is 193 Å². The van der Waals surface area contributed by atoms with Crippen LogP contribution in [0.5, 0.6) is 0 Å². The zero-order valence-corrected chi connectivity index (χ0v) is 20.8. The van der Waals surface area contributed by atoms with E-state index in [0.717, 1.165) is 19.3 Å². The van der Waals surface area contributed by atoms with E-state index in [1.165, 1.54) is 10.4 Å². The molecule has 0 amide bonds. The molecule has 0 unspecified atom stereocenters. The maximum atomic E-state index is 11.6. The fourth-order valence-electron chi connectivity index (χ4n) is 5.74. The van der Waals surface area contributed by atoms with Crippen molar-refractivity contribution in [1.82, 2.24) is 0 Å². The fourth-order valence-corrected chi connectivity index (χ4v) is 10.4. The fraction of sp³-hybridized carbons (Fsp3) is 0.429. The molecule has 0 bridgehead atoms. The molecule has 1 fully saturated rings. The molecule has 0 aliphatic heterocycles. The summed E-state index contributed by atoms with van der Waals surface area (Å²) in [5, 5.41) is 14.1. The van der Waals surface area contributed by atoms with E-state index >= 15 is 0 Å². The molecule has 1 saturated carbocycles. The largest absolute Gasteiger partial charge is 0.466 e. The van der Waals surface area contributed by atoms with Crippen LogP contribution in [0.15, 0.2) is 83.5 Å². The van der Waals surface area contributed by atoms with Gasteiger partial charge in [-0.15, -0.1) is 0 Å². The Morgan fingerprint density at radius 1 is 1.00 bits per heavy atom. The van der Waals surface area contributed by atoms with Crippen molar-refractivity contribution in [2.45, 2.75) is 57.6 Å². The van der Waals surface area contributed by atoms with Crippen molar-refractivity contribution in [3.8, 4) is 0 Å². The first-order valence-corrected chi connectivity index (χ1v) is 13.7. The second-order valence-corrected chi connectivity index (χ2v) is 14.7. The molecule has 3 atom stereocenters. The molecule has 170 valence electrons. The highest BCUT2D eigenvalue weighted by Gasteiger charge is 2.52. The molecule has 0 saturated heterocycles. The Bertz CT molecular complexity index is 939. The van der Waals surface area contributed by atoms with Crippen LogP contribution >= 0.6 is 0 Å². The number of aliphatic hydroxyl groups is 1. The first-order chi connectivity index (χ1) is 15.3. The predicted octanol–water partition coefficient (Wildman–Crippen LogP) is 5.48. The number of hydrogen-bond donors (Lipinski definition) is 1. The smallest absolute Gasteiger partial charge is 0.261 e. The lowest BCUT2D eigenvalue weighted by atomic mass is 9.80. The summed E-state index contributed by atoms with van der Waals surface area (Å²) in [6, 6.07) is 25.3. The highest BCUT2D eigenvalue weighted by atomic mass is 28.4. The molecule has 1 aliphatic rings. The van der Waals surface area contributed by atoms with E-state index in [1.54, 1.807) is 6.26 Å². The average molecular weight is 449 g/mol. The van der Waals surface area contributed by atoms with Gasteiger partial charge in [0.15, 0.2) is 0 Å². The topological polar surface area (TPSA) is 42.6 Å². The van der Waals surface area contributed by atoms with Gasteiger partial charge in [-0.05, 0) is 58.6 Å². The van der Waals surface area contributed by atoms with Crippen molar-refractivity contribution in [3.05, 3.63) is 84.8 Å². The van der Waals surface area contributed by atoms with Crippen molar-refractivity contribution in [3.63, 3.8) is 0 Å². The zero-order valence-electron chi connectivity index (χ0n) is 19.8. The van der Waals surface area contributed by atoms with Gasteiger partial charge >= 0.3 is 0 Å². The van der Waals surface area contributed by atoms with Crippen LogP contribution < -0.4 is 10.4 Å². The molecule has 32 heavy (non-hydrogen) atoms. The van der Waals surface area contributed by atoms with Crippen molar-refractivity contribution in [2.75, 3.05) is 6.61 Å². The second kappa shape index (κ2) is 9.01. The van der Waals surface area contributed by atoms with Crippen LogP contribution in [0.2, 0.25) is 5.04 Å². The van der Waals surface area contributed by atoms with Gasteiger partial charge in [0.05, 0.1) is 6.26 Å². The summed E-state index contributed by atoms with van der Waals surface area (Å²) >= 11 is 0. The Morgan fingerprint density at radius 3 is 2.09 bits per heavy atom. The molecule has 1 aromatic heterocycles. The summed E-state index contributed by atoms with van der Waals surface area (Å²) in [5.74, 6) is 1.01. The van der Waals surface area contributed by atoms with Crippen LogP contribution in [0.25, 0.3) is 0 Å². The lowest BCUT2D eigenvalue weighted by molar-refractivity contribution is -0.0479. The monoisotopic (exact) mass is 448 g/mol. The normalized spacial score (nSPS) is 22.7. The van der Waals surface area contributed by atoms with Crippen molar-refractivity contribution >= 4 is 18.7 Å². The maximum Gasteiger partial charge on any atom is 0.261 e. The molecule has 0 radical (unpaired) electrons. The molecular weight excluding hydrogens is 412 g/mol. The van der Waals surface area contributed by atoms with E-state index in [9.17, 15) is 5.11 Å². The Balaban J connectivity index is 1.68. The third-order valence-electron chi connectivity index (χ3n) is 7.30. The molecular formula is C28H36O3Si. The summed E-state index contributed by atoms with van der Waals surface area (Å²) in [6.07, 6.45) is 4.40. The zero-order chi connectivity index (χ0) is 22.8. The number of hydrogen-bond acceptors (Lipinski definition) is 3. The first-order valence-electron chi connectivity index (χ1n) is 11.8. The summed E-state index contributed by atoms with van der Waals surface area (Å²) in [6.45, 7) is 9.75. The minimum atomic E-state index is -2.58. The number of furan rings is 1. The Morgan fingerprint density at radius 2 is 1.59 bits per heavy atom. The summed E-state index contributed by atoms with van der Waals surface area (Å²) in [7, 11) is -2.58. The van der Waals surface area contributed by atoms with E-state index < -0.39 is 13.9 Å². The highest BCUT2D eigenvalue weighted by molar-refractivity contribution is 6.99. The first kappa shape index (κ1) is 23.0. The van der Waals surface area contributed by atoms with Crippen LogP contribution in [-0.4, -0.2) is 20.0 Å². The molecule has 1 N–H and O–H groups in total. The van der Waals surface area contributed by atoms with Crippen LogP contribution in [0.3, 0.4) is 0 Å². The van der Waals surface area contributed by atoms with E-state index in [0.29, 0.717) is 12.4 Å². The molecule has 4 heteroatoms. The quantitative estimate of drug-likeness (QED) is 0.487. The molecule has 0 spiro atoms. The maximum absolute atomic E-state index is 11.6. The van der Waals surface area contributed by atoms with Gasteiger partial charge in [0.1, 0.15) is 11.4 Å². The minimum Gasteiger partial charge on any atom is -0.466 e. The molecule has 4 rings (SSSR count). The molecule has 3 nitrogen and oxygen atoms in total.